The molecule has 0 saturated heterocycles. The maximum absolute atomic E-state index is 3.66. The number of hydrogen-bond donors (Lipinski definition) is 0. The molecule has 0 aromatic carbocycles. The molecule has 0 amide bonds. The molecule has 0 rings (SSSR count). The summed E-state index contributed by atoms with van der Waals surface area (Å²) in [6.45, 7) is 5.87. The molecule has 0 aliphatic carbocycles. The first-order chi connectivity index (χ1) is 5.91. The lowest BCUT2D eigenvalue weighted by molar-refractivity contribution is 1.11. The van der Waals surface area contributed by atoms with Crippen LogP contribution in [0.4, 0.5) is 0 Å². The van der Waals surface area contributed by atoms with Gasteiger partial charge >= 0.3 is 0 Å². The topological polar surface area (TPSA) is 0 Å². The minimum Gasteiger partial charge on any atom is -0.158 e. The predicted molar refractivity (Wildman–Crippen MR) is 67.0 cm³/mol. The maximum Gasteiger partial charge on any atom is 0.0218 e. The van der Waals surface area contributed by atoms with Gasteiger partial charge in [0.25, 0.3) is 0 Å². The van der Waals surface area contributed by atoms with Crippen molar-refractivity contribution in [1.29, 1.82) is 0 Å². The summed E-state index contributed by atoms with van der Waals surface area (Å²) in [6.07, 6.45) is 5.43. The van der Waals surface area contributed by atoms with Gasteiger partial charge in [0.15, 0.2) is 0 Å². The molecule has 3 heteroatoms. The van der Waals surface area contributed by atoms with Gasteiger partial charge in [0.2, 0.25) is 0 Å². The van der Waals surface area contributed by atoms with Crippen molar-refractivity contribution in [2.45, 2.75) is 13.3 Å². The molecule has 0 aliphatic heterocycles. The third-order valence-corrected chi connectivity index (χ3v) is 4.05. The summed E-state index contributed by atoms with van der Waals surface area (Å²) in [5.41, 5.74) is 0. The Kier molecular flexibility index (Phi) is 12.0. The van der Waals surface area contributed by atoms with E-state index in [4.69, 9.17) is 0 Å². The fraction of sp³-hybridized carbons (Fsp3) is 0.556. The van der Waals surface area contributed by atoms with Crippen molar-refractivity contribution in [2.75, 3.05) is 17.3 Å². The first kappa shape index (κ1) is 12.5. The van der Waals surface area contributed by atoms with Gasteiger partial charge in [-0.3, -0.25) is 0 Å². The van der Waals surface area contributed by atoms with E-state index in [9.17, 15) is 0 Å². The van der Waals surface area contributed by atoms with Gasteiger partial charge in [-0.1, -0.05) is 40.7 Å². The van der Waals surface area contributed by atoms with E-state index < -0.39 is 0 Å². The molecular weight excluding hydrogens is 204 g/mol. The van der Waals surface area contributed by atoms with Gasteiger partial charge in [0.05, 0.1) is 0 Å². The minimum atomic E-state index is 1.02. The van der Waals surface area contributed by atoms with E-state index in [2.05, 4.69) is 25.0 Å². The zero-order valence-electron chi connectivity index (χ0n) is 7.49. The summed E-state index contributed by atoms with van der Waals surface area (Å²) in [7, 11) is 3.61. The fourth-order valence-electron chi connectivity index (χ4n) is 0.501. The summed E-state index contributed by atoms with van der Waals surface area (Å²) in [5.74, 6) is 3.45. The lowest BCUT2D eigenvalue weighted by Crippen LogP contribution is -1.74. The molecule has 0 fully saturated rings. The van der Waals surface area contributed by atoms with E-state index in [1.54, 1.807) is 10.8 Å². The van der Waals surface area contributed by atoms with Gasteiger partial charge in [0, 0.05) is 11.5 Å². The van der Waals surface area contributed by atoms with Crippen molar-refractivity contribution in [3.8, 4) is 0 Å². The van der Waals surface area contributed by atoms with Crippen LogP contribution in [-0.4, -0.2) is 17.3 Å². The standard InChI is InChI=1S/C9H16S3/c1-3-6-10-8-5-9-12-11-7-4-2/h4-5,9H,2-3,6-8H2,1H3/b9-5+. The molecule has 0 unspecified atom stereocenters. The Labute approximate surface area is 88.0 Å². The molecule has 0 N–H and O–H groups in total. The quantitative estimate of drug-likeness (QED) is 0.342. The van der Waals surface area contributed by atoms with Crippen LogP contribution in [0.15, 0.2) is 24.1 Å². The van der Waals surface area contributed by atoms with Crippen LogP contribution in [0.5, 0.6) is 0 Å². The Bertz CT molecular complexity index is 121. The van der Waals surface area contributed by atoms with Crippen molar-refractivity contribution >= 4 is 33.3 Å². The lowest BCUT2D eigenvalue weighted by Gasteiger charge is -1.92. The maximum atomic E-state index is 3.66. The molecule has 12 heavy (non-hydrogen) atoms. The van der Waals surface area contributed by atoms with Gasteiger partial charge < -0.3 is 0 Å². The Balaban J connectivity index is 2.98. The molecule has 0 saturated carbocycles. The van der Waals surface area contributed by atoms with E-state index in [0.29, 0.717) is 0 Å². The summed E-state index contributed by atoms with van der Waals surface area (Å²) in [5, 5.41) is 2.16. The van der Waals surface area contributed by atoms with Crippen molar-refractivity contribution < 1.29 is 0 Å². The molecule has 0 aromatic heterocycles. The summed E-state index contributed by atoms with van der Waals surface area (Å²) in [6, 6.07) is 0. The molecule has 0 bridgehead atoms. The van der Waals surface area contributed by atoms with E-state index in [0.717, 1.165) is 11.5 Å². The Morgan fingerprint density at radius 1 is 1.33 bits per heavy atom. The normalized spacial score (nSPS) is 10.8. The molecule has 0 nitrogen and oxygen atoms in total. The molecule has 0 radical (unpaired) electrons. The first-order valence-electron chi connectivity index (χ1n) is 4.03. The predicted octanol–water partition coefficient (Wildman–Crippen LogP) is 4.21. The molecule has 0 atom stereocenters. The van der Waals surface area contributed by atoms with Gasteiger partial charge in [-0.15, -0.1) is 6.58 Å². The smallest absolute Gasteiger partial charge is 0.0218 e. The highest BCUT2D eigenvalue weighted by molar-refractivity contribution is 8.77. The highest BCUT2D eigenvalue weighted by atomic mass is 33.1. The highest BCUT2D eigenvalue weighted by Crippen LogP contribution is 2.22. The second-order valence-electron chi connectivity index (χ2n) is 2.12. The van der Waals surface area contributed by atoms with Crippen molar-refractivity contribution in [3.05, 3.63) is 24.1 Å². The summed E-state index contributed by atoms with van der Waals surface area (Å²) >= 11 is 1.99. The molecule has 0 spiro atoms. The zero-order valence-corrected chi connectivity index (χ0v) is 9.94. The van der Waals surface area contributed by atoms with Gasteiger partial charge in [-0.25, -0.2) is 0 Å². The van der Waals surface area contributed by atoms with E-state index >= 15 is 0 Å². The average molecular weight is 220 g/mol. The van der Waals surface area contributed by atoms with Crippen LogP contribution in [0.1, 0.15) is 13.3 Å². The van der Waals surface area contributed by atoms with Crippen LogP contribution in [0.2, 0.25) is 0 Å². The van der Waals surface area contributed by atoms with E-state index in [1.165, 1.54) is 12.2 Å². The highest BCUT2D eigenvalue weighted by Gasteiger charge is 1.82. The Hall–Kier alpha value is 0.530. The first-order valence-corrected chi connectivity index (χ1v) is 7.57. The average Bonchev–Trinajstić information content (AvgIpc) is 2.10. The monoisotopic (exact) mass is 220 g/mol. The van der Waals surface area contributed by atoms with Crippen LogP contribution in [-0.2, 0) is 0 Å². The SMILES string of the molecule is C=CCSS/C=C/CSCCC. The van der Waals surface area contributed by atoms with Gasteiger partial charge in [-0.2, -0.15) is 11.8 Å². The van der Waals surface area contributed by atoms with Crippen LogP contribution >= 0.6 is 33.3 Å². The Morgan fingerprint density at radius 3 is 2.83 bits per heavy atom. The lowest BCUT2D eigenvalue weighted by atomic mass is 10.6. The molecule has 0 aromatic rings. The zero-order chi connectivity index (χ0) is 9.07. The summed E-state index contributed by atoms with van der Waals surface area (Å²) in [4.78, 5) is 0. The minimum absolute atomic E-state index is 1.02. The summed E-state index contributed by atoms with van der Waals surface area (Å²) < 4.78 is 0. The molecular formula is C9H16S3. The second kappa shape index (κ2) is 11.5. The largest absolute Gasteiger partial charge is 0.158 e. The van der Waals surface area contributed by atoms with Gasteiger partial charge in [-0.05, 0) is 17.6 Å². The Morgan fingerprint density at radius 2 is 2.17 bits per heavy atom. The molecule has 0 aliphatic rings. The second-order valence-corrected chi connectivity index (χ2v) is 5.58. The third kappa shape index (κ3) is 10.5. The van der Waals surface area contributed by atoms with E-state index in [-0.39, 0.29) is 0 Å². The van der Waals surface area contributed by atoms with Crippen molar-refractivity contribution in [2.24, 2.45) is 0 Å². The number of thioether (sulfide) groups is 1. The van der Waals surface area contributed by atoms with E-state index in [1.807, 2.05) is 28.6 Å². The van der Waals surface area contributed by atoms with Crippen LogP contribution in [0, 0.1) is 0 Å². The van der Waals surface area contributed by atoms with Crippen LogP contribution in [0.25, 0.3) is 0 Å². The number of hydrogen-bond acceptors (Lipinski definition) is 3. The number of rotatable bonds is 8. The van der Waals surface area contributed by atoms with Crippen molar-refractivity contribution in [1.82, 2.24) is 0 Å². The molecule has 70 valence electrons. The molecule has 0 heterocycles. The van der Waals surface area contributed by atoms with Crippen LogP contribution in [0.3, 0.4) is 0 Å². The van der Waals surface area contributed by atoms with Crippen LogP contribution < -0.4 is 0 Å². The van der Waals surface area contributed by atoms with Crippen molar-refractivity contribution in [3.63, 3.8) is 0 Å². The fourth-order valence-corrected chi connectivity index (χ4v) is 2.73. The third-order valence-electron chi connectivity index (χ3n) is 0.968. The van der Waals surface area contributed by atoms with Gasteiger partial charge in [0.1, 0.15) is 0 Å².